The van der Waals surface area contributed by atoms with E-state index in [1.165, 1.54) is 18.4 Å². The van der Waals surface area contributed by atoms with E-state index in [9.17, 15) is 8.42 Å². The highest BCUT2D eigenvalue weighted by Gasteiger charge is 2.51. The molecule has 0 N–H and O–H groups in total. The minimum Gasteiger partial charge on any atom is -0.410 e. The minimum absolute atomic E-state index is 0.0291. The summed E-state index contributed by atoms with van der Waals surface area (Å²) < 4.78 is 45.8. The van der Waals surface area contributed by atoms with Gasteiger partial charge in [-0.1, -0.05) is 103 Å². The molecule has 5 nitrogen and oxygen atoms in total. The van der Waals surface area contributed by atoms with Crippen molar-refractivity contribution in [2.24, 2.45) is 23.2 Å². The fourth-order valence-electron chi connectivity index (χ4n) is 7.99. The maximum Gasteiger partial charge on any atom is 0.296 e. The third kappa shape index (κ3) is 9.02. The van der Waals surface area contributed by atoms with Crippen LogP contribution in [-0.4, -0.2) is 43.9 Å². The molecule has 0 radical (unpaired) electrons. The molecule has 0 spiro atoms. The zero-order chi connectivity index (χ0) is 36.8. The molecule has 0 aromatic heterocycles. The van der Waals surface area contributed by atoms with E-state index in [4.69, 9.17) is 13.0 Å². The molecule has 8 heteroatoms. The molecule has 1 aromatic rings. The van der Waals surface area contributed by atoms with Crippen molar-refractivity contribution >= 4 is 26.8 Å². The molecule has 3 saturated carbocycles. The van der Waals surface area contributed by atoms with E-state index < -0.39 is 26.8 Å². The maximum atomic E-state index is 13.0. The molecule has 0 aliphatic heterocycles. The molecule has 0 bridgehead atoms. The molecule has 3 aliphatic carbocycles. The van der Waals surface area contributed by atoms with Crippen LogP contribution in [0.25, 0.3) is 0 Å². The summed E-state index contributed by atoms with van der Waals surface area (Å²) in [6.45, 7) is 34.6. The maximum absolute atomic E-state index is 13.0. The van der Waals surface area contributed by atoms with Crippen molar-refractivity contribution in [2.45, 2.75) is 161 Å². The van der Waals surface area contributed by atoms with Crippen LogP contribution in [0.3, 0.4) is 0 Å². The van der Waals surface area contributed by atoms with Crippen LogP contribution in [0, 0.1) is 30.1 Å². The number of hydrogen-bond acceptors (Lipinski definition) is 5. The number of allylic oxidation sites excluding steroid dienone is 3. The van der Waals surface area contributed by atoms with E-state index in [1.54, 1.807) is 17.7 Å². The van der Waals surface area contributed by atoms with Crippen molar-refractivity contribution in [3.05, 3.63) is 65.3 Å². The van der Waals surface area contributed by atoms with Gasteiger partial charge in [-0.15, -0.1) is 0 Å². The van der Waals surface area contributed by atoms with Gasteiger partial charge in [0.1, 0.15) is 0 Å². The molecular formula is C41H68O5SSi2. The van der Waals surface area contributed by atoms with Gasteiger partial charge in [0.25, 0.3) is 10.1 Å². The standard InChI is InChI=1S/C41H68O5SSi2/c1-29-17-21-34(22-18-29)47(42,43)44-28-30(2)35-23-24-36-33(16-15-25-41(35,36)10)20-19-32-26-37(45-48(11,12)39(4,5)6)31(3)38(27-32)46-49(13,14)40(7,8)9/h17-22,30,35-38H,3,15-16,23-28H2,1-2,4-14H3/b32-19?,33-20+/t30-,35-,36+,37-,38+,41-/m1/s1. The topological polar surface area (TPSA) is 61.8 Å². The molecule has 3 fully saturated rings. The predicted molar refractivity (Wildman–Crippen MR) is 210 cm³/mol. The first-order valence-electron chi connectivity index (χ1n) is 18.8. The first-order chi connectivity index (χ1) is 22.4. The summed E-state index contributed by atoms with van der Waals surface area (Å²) in [6.07, 6.45) is 12.3. The highest BCUT2D eigenvalue weighted by atomic mass is 32.2. The molecule has 0 heterocycles. The van der Waals surface area contributed by atoms with Gasteiger partial charge in [-0.3, -0.25) is 4.18 Å². The molecule has 6 atom stereocenters. The zero-order valence-corrected chi connectivity index (χ0v) is 36.0. The van der Waals surface area contributed by atoms with Crippen molar-refractivity contribution in [3.63, 3.8) is 0 Å². The normalized spacial score (nSPS) is 29.8. The molecule has 49 heavy (non-hydrogen) atoms. The molecular weight excluding hydrogens is 661 g/mol. The van der Waals surface area contributed by atoms with Gasteiger partial charge >= 0.3 is 0 Å². The van der Waals surface area contributed by atoms with Gasteiger partial charge in [-0.05, 0) is 129 Å². The van der Waals surface area contributed by atoms with E-state index in [-0.39, 0.29) is 45.1 Å². The highest BCUT2D eigenvalue weighted by Crippen LogP contribution is 2.59. The van der Waals surface area contributed by atoms with Crippen molar-refractivity contribution in [3.8, 4) is 0 Å². The zero-order valence-electron chi connectivity index (χ0n) is 33.2. The minimum atomic E-state index is -3.78. The molecule has 276 valence electrons. The van der Waals surface area contributed by atoms with Crippen molar-refractivity contribution in [1.29, 1.82) is 0 Å². The number of hydrogen-bond donors (Lipinski definition) is 0. The quantitative estimate of drug-likeness (QED) is 0.136. The summed E-state index contributed by atoms with van der Waals surface area (Å²) in [4.78, 5) is 0.233. The molecule has 4 rings (SSSR count). The van der Waals surface area contributed by atoms with E-state index in [0.29, 0.717) is 11.8 Å². The number of benzene rings is 1. The van der Waals surface area contributed by atoms with E-state index in [2.05, 4.69) is 100 Å². The SMILES string of the molecule is C=C1[C@@H](O[Si](C)(C)C(C)(C)C)CC(=C/C=C2\CCC[C@]3(C)[C@@H]([C@H](C)COS(=O)(=O)c4ccc(C)cc4)CC[C@@H]23)C[C@H]1O[Si](C)(C)C(C)(C)C. The van der Waals surface area contributed by atoms with Gasteiger partial charge < -0.3 is 8.85 Å². The largest absolute Gasteiger partial charge is 0.410 e. The van der Waals surface area contributed by atoms with Crippen LogP contribution < -0.4 is 0 Å². The second-order valence-corrected chi connectivity index (χ2v) is 30.0. The van der Waals surface area contributed by atoms with Crippen LogP contribution in [0.2, 0.25) is 36.3 Å². The smallest absolute Gasteiger partial charge is 0.296 e. The van der Waals surface area contributed by atoms with Gasteiger partial charge in [-0.25, -0.2) is 0 Å². The number of rotatable bonds is 10. The lowest BCUT2D eigenvalue weighted by molar-refractivity contribution is 0.0760. The molecule has 1 aromatic carbocycles. The lowest BCUT2D eigenvalue weighted by Crippen LogP contribution is -2.49. The van der Waals surface area contributed by atoms with Crippen LogP contribution in [0.1, 0.15) is 106 Å². The average molecular weight is 729 g/mol. The second-order valence-electron chi connectivity index (χ2n) is 18.9. The van der Waals surface area contributed by atoms with Crippen LogP contribution in [0.4, 0.5) is 0 Å². The third-order valence-electron chi connectivity index (χ3n) is 13.3. The number of aryl methyl sites for hydroxylation is 1. The van der Waals surface area contributed by atoms with Gasteiger partial charge in [0.05, 0.1) is 23.7 Å². The van der Waals surface area contributed by atoms with Crippen molar-refractivity contribution in [1.82, 2.24) is 0 Å². The van der Waals surface area contributed by atoms with Crippen molar-refractivity contribution < 1.29 is 21.5 Å². The fraction of sp³-hybridized carbons (Fsp3) is 0.707. The lowest BCUT2D eigenvalue weighted by atomic mass is 9.61. The molecule has 0 unspecified atom stereocenters. The third-order valence-corrected chi connectivity index (χ3v) is 23.5. The van der Waals surface area contributed by atoms with Crippen LogP contribution in [0.5, 0.6) is 0 Å². The Labute approximate surface area is 302 Å². The Kier molecular flexibility index (Phi) is 12.1. The molecule has 0 amide bonds. The predicted octanol–water partition coefficient (Wildman–Crippen LogP) is 11.5. The van der Waals surface area contributed by atoms with Gasteiger partial charge in [0.2, 0.25) is 0 Å². The summed E-state index contributed by atoms with van der Waals surface area (Å²) in [7, 11) is -7.83. The monoisotopic (exact) mass is 728 g/mol. The van der Waals surface area contributed by atoms with Crippen LogP contribution >= 0.6 is 0 Å². The summed E-state index contributed by atoms with van der Waals surface area (Å²) in [6, 6.07) is 6.92. The highest BCUT2D eigenvalue weighted by molar-refractivity contribution is 7.86. The summed E-state index contributed by atoms with van der Waals surface area (Å²) in [5, 5.41) is 0.232. The van der Waals surface area contributed by atoms with Gasteiger partial charge in [0, 0.05) is 0 Å². The Hall–Kier alpha value is -1.30. The van der Waals surface area contributed by atoms with Crippen molar-refractivity contribution in [2.75, 3.05) is 6.61 Å². The first kappa shape index (κ1) is 40.5. The van der Waals surface area contributed by atoms with E-state index >= 15 is 0 Å². The second kappa shape index (κ2) is 14.6. The van der Waals surface area contributed by atoms with E-state index in [0.717, 1.165) is 43.2 Å². The molecule has 3 aliphatic rings. The summed E-state index contributed by atoms with van der Waals surface area (Å²) >= 11 is 0. The Morgan fingerprint density at radius 3 is 1.96 bits per heavy atom. The average Bonchev–Trinajstić information content (AvgIpc) is 3.33. The van der Waals surface area contributed by atoms with Gasteiger partial charge in [0.15, 0.2) is 16.6 Å². The fourth-order valence-corrected chi connectivity index (χ4v) is 11.6. The summed E-state index contributed by atoms with van der Waals surface area (Å²) in [5.74, 6) is 1.08. The van der Waals surface area contributed by atoms with Crippen LogP contribution in [0.15, 0.2) is 64.6 Å². The summed E-state index contributed by atoms with van der Waals surface area (Å²) in [5.41, 5.74) is 5.24. The lowest BCUT2D eigenvalue weighted by Gasteiger charge is -2.46. The van der Waals surface area contributed by atoms with Crippen LogP contribution in [-0.2, 0) is 23.2 Å². The molecule has 0 saturated heterocycles. The number of fused-ring (bicyclic) bond motifs is 1. The first-order valence-corrected chi connectivity index (χ1v) is 26.0. The van der Waals surface area contributed by atoms with E-state index in [1.807, 2.05) is 19.1 Å². The Morgan fingerprint density at radius 1 is 0.918 bits per heavy atom. The Bertz CT molecular complexity index is 1470. The van der Waals surface area contributed by atoms with Gasteiger partial charge in [-0.2, -0.15) is 8.42 Å². The Balaban J connectivity index is 1.54. The Morgan fingerprint density at radius 2 is 1.45 bits per heavy atom.